The largest absolute Gasteiger partial charge is 0.384 e. The molecule has 1 nitrogen and oxygen atoms in total. The molecule has 0 aromatic rings. The van der Waals surface area contributed by atoms with Crippen LogP contribution in [0.2, 0.25) is 0 Å². The molecule has 14 heavy (non-hydrogen) atoms. The van der Waals surface area contributed by atoms with Crippen LogP contribution in [0.15, 0.2) is 12.3 Å². The lowest BCUT2D eigenvalue weighted by molar-refractivity contribution is 0.0646. The molecule has 0 aromatic heterocycles. The van der Waals surface area contributed by atoms with Gasteiger partial charge in [0.1, 0.15) is 0 Å². The van der Waals surface area contributed by atoms with Crippen LogP contribution in [-0.2, 0) is 0 Å². The first-order chi connectivity index (χ1) is 6.53. The van der Waals surface area contributed by atoms with Gasteiger partial charge in [0.2, 0.25) is 0 Å². The molecule has 3 atom stereocenters. The first-order valence-electron chi connectivity index (χ1n) is 5.97. The molecule has 1 rings (SSSR count). The predicted octanol–water partition coefficient (Wildman–Crippen LogP) is 3.71. The zero-order valence-corrected chi connectivity index (χ0v) is 10.2. The van der Waals surface area contributed by atoms with Crippen molar-refractivity contribution in [2.24, 2.45) is 11.8 Å². The summed E-state index contributed by atoms with van der Waals surface area (Å²) < 4.78 is 0. The van der Waals surface area contributed by atoms with Crippen LogP contribution < -0.4 is 5.32 Å². The summed E-state index contributed by atoms with van der Waals surface area (Å²) in [5.74, 6) is 1.79. The second-order valence-corrected chi connectivity index (χ2v) is 5.03. The SMILES string of the molecule is C=C(C)NC(C)(CC)[C@@H]1CC[C@@H]1CC. The molecule has 1 N–H and O–H groups in total. The van der Waals surface area contributed by atoms with Gasteiger partial charge in [-0.25, -0.2) is 0 Å². The highest BCUT2D eigenvalue weighted by Crippen LogP contribution is 2.45. The van der Waals surface area contributed by atoms with E-state index in [1.54, 1.807) is 0 Å². The van der Waals surface area contributed by atoms with E-state index in [4.69, 9.17) is 0 Å². The van der Waals surface area contributed by atoms with E-state index in [1.165, 1.54) is 25.7 Å². The average molecular weight is 195 g/mol. The zero-order valence-electron chi connectivity index (χ0n) is 10.2. The molecule has 0 amide bonds. The summed E-state index contributed by atoms with van der Waals surface area (Å²) in [6.07, 6.45) is 5.34. The summed E-state index contributed by atoms with van der Waals surface area (Å²) in [6.45, 7) is 13.0. The maximum Gasteiger partial charge on any atom is 0.0370 e. The highest BCUT2D eigenvalue weighted by molar-refractivity contribution is 5.03. The Balaban J connectivity index is 2.63. The predicted molar refractivity (Wildman–Crippen MR) is 63.2 cm³/mol. The number of allylic oxidation sites excluding steroid dienone is 1. The van der Waals surface area contributed by atoms with E-state index in [9.17, 15) is 0 Å². The van der Waals surface area contributed by atoms with Gasteiger partial charge in [-0.2, -0.15) is 0 Å². The van der Waals surface area contributed by atoms with Crippen molar-refractivity contribution in [1.82, 2.24) is 5.32 Å². The molecule has 0 saturated heterocycles. The van der Waals surface area contributed by atoms with Crippen molar-refractivity contribution in [2.75, 3.05) is 0 Å². The molecule has 1 saturated carbocycles. The smallest absolute Gasteiger partial charge is 0.0370 e. The Hall–Kier alpha value is -0.460. The molecule has 0 bridgehead atoms. The monoisotopic (exact) mass is 195 g/mol. The lowest BCUT2D eigenvalue weighted by Crippen LogP contribution is -2.53. The fourth-order valence-corrected chi connectivity index (χ4v) is 2.83. The van der Waals surface area contributed by atoms with E-state index in [0.717, 1.165) is 17.5 Å². The van der Waals surface area contributed by atoms with E-state index in [2.05, 4.69) is 39.6 Å². The Morgan fingerprint density at radius 3 is 2.36 bits per heavy atom. The second kappa shape index (κ2) is 4.37. The van der Waals surface area contributed by atoms with Crippen LogP contribution in [-0.4, -0.2) is 5.54 Å². The fourth-order valence-electron chi connectivity index (χ4n) is 2.83. The molecule has 0 heterocycles. The molecule has 0 spiro atoms. The molecule has 0 aromatic carbocycles. The molecular weight excluding hydrogens is 170 g/mol. The van der Waals surface area contributed by atoms with Crippen LogP contribution >= 0.6 is 0 Å². The van der Waals surface area contributed by atoms with Crippen LogP contribution in [0.3, 0.4) is 0 Å². The molecule has 1 unspecified atom stereocenters. The number of nitrogens with one attached hydrogen (secondary N) is 1. The van der Waals surface area contributed by atoms with Gasteiger partial charge in [-0.05, 0) is 44.9 Å². The summed E-state index contributed by atoms with van der Waals surface area (Å²) in [7, 11) is 0. The Labute approximate surface area is 89.0 Å². The quantitative estimate of drug-likeness (QED) is 0.705. The standard InChI is InChI=1S/C13H25N/c1-6-11-8-9-12(11)13(5,7-2)14-10(3)4/h11-12,14H,3,6-9H2,1-2,4-5H3/t11-,12+,13?/m0/s1. The highest BCUT2D eigenvalue weighted by Gasteiger charge is 2.42. The third-order valence-corrected chi connectivity index (χ3v) is 3.99. The Bertz CT molecular complexity index is 207. The lowest BCUT2D eigenvalue weighted by atomic mass is 9.62. The average Bonchev–Trinajstić information content (AvgIpc) is 2.01. The Kier molecular flexibility index (Phi) is 3.63. The molecular formula is C13H25N. The van der Waals surface area contributed by atoms with Crippen LogP contribution in [0.1, 0.15) is 53.4 Å². The van der Waals surface area contributed by atoms with Gasteiger partial charge in [0, 0.05) is 11.2 Å². The van der Waals surface area contributed by atoms with Crippen molar-refractivity contribution in [2.45, 2.75) is 58.9 Å². The van der Waals surface area contributed by atoms with Gasteiger partial charge in [-0.1, -0.05) is 26.8 Å². The first kappa shape index (κ1) is 11.6. The summed E-state index contributed by atoms with van der Waals surface area (Å²) in [5.41, 5.74) is 1.39. The first-order valence-corrected chi connectivity index (χ1v) is 5.97. The lowest BCUT2D eigenvalue weighted by Gasteiger charge is -2.49. The van der Waals surface area contributed by atoms with Gasteiger partial charge in [0.25, 0.3) is 0 Å². The van der Waals surface area contributed by atoms with Crippen LogP contribution in [0.5, 0.6) is 0 Å². The summed E-state index contributed by atoms with van der Waals surface area (Å²) in [5, 5.41) is 3.58. The van der Waals surface area contributed by atoms with E-state index in [1.807, 2.05) is 0 Å². The minimum absolute atomic E-state index is 0.282. The number of rotatable bonds is 5. The molecule has 1 heteroatoms. The van der Waals surface area contributed by atoms with Crippen LogP contribution in [0.4, 0.5) is 0 Å². The van der Waals surface area contributed by atoms with Crippen molar-refractivity contribution in [3.63, 3.8) is 0 Å². The van der Waals surface area contributed by atoms with Gasteiger partial charge in [-0.3, -0.25) is 0 Å². The zero-order chi connectivity index (χ0) is 10.8. The van der Waals surface area contributed by atoms with Gasteiger partial charge in [-0.15, -0.1) is 0 Å². The van der Waals surface area contributed by atoms with Gasteiger partial charge in [0.15, 0.2) is 0 Å². The van der Waals surface area contributed by atoms with Crippen molar-refractivity contribution in [1.29, 1.82) is 0 Å². The third-order valence-electron chi connectivity index (χ3n) is 3.99. The van der Waals surface area contributed by atoms with Gasteiger partial charge in [0.05, 0.1) is 0 Å². The van der Waals surface area contributed by atoms with Crippen molar-refractivity contribution < 1.29 is 0 Å². The van der Waals surface area contributed by atoms with E-state index in [-0.39, 0.29) is 5.54 Å². The summed E-state index contributed by atoms with van der Waals surface area (Å²) in [6, 6.07) is 0. The molecule has 82 valence electrons. The van der Waals surface area contributed by atoms with Crippen LogP contribution in [0, 0.1) is 11.8 Å². The van der Waals surface area contributed by atoms with Crippen LogP contribution in [0.25, 0.3) is 0 Å². The summed E-state index contributed by atoms with van der Waals surface area (Å²) >= 11 is 0. The fraction of sp³-hybridized carbons (Fsp3) is 0.846. The van der Waals surface area contributed by atoms with Gasteiger partial charge < -0.3 is 5.32 Å². The van der Waals surface area contributed by atoms with Crippen molar-refractivity contribution in [3.8, 4) is 0 Å². The van der Waals surface area contributed by atoms with E-state index in [0.29, 0.717) is 0 Å². The number of hydrogen-bond donors (Lipinski definition) is 1. The Morgan fingerprint density at radius 1 is 1.43 bits per heavy atom. The minimum Gasteiger partial charge on any atom is -0.384 e. The highest BCUT2D eigenvalue weighted by atomic mass is 15.0. The number of hydrogen-bond acceptors (Lipinski definition) is 1. The minimum atomic E-state index is 0.282. The van der Waals surface area contributed by atoms with E-state index < -0.39 is 0 Å². The molecule has 1 aliphatic carbocycles. The second-order valence-electron chi connectivity index (χ2n) is 5.03. The topological polar surface area (TPSA) is 12.0 Å². The van der Waals surface area contributed by atoms with E-state index >= 15 is 0 Å². The molecule has 0 aliphatic heterocycles. The summed E-state index contributed by atoms with van der Waals surface area (Å²) in [4.78, 5) is 0. The Morgan fingerprint density at radius 2 is 2.07 bits per heavy atom. The van der Waals surface area contributed by atoms with Gasteiger partial charge >= 0.3 is 0 Å². The normalized spacial score (nSPS) is 30.3. The molecule has 1 aliphatic rings. The van der Waals surface area contributed by atoms with Crippen molar-refractivity contribution in [3.05, 3.63) is 12.3 Å². The maximum absolute atomic E-state index is 3.97. The molecule has 1 fully saturated rings. The maximum atomic E-state index is 3.97. The van der Waals surface area contributed by atoms with Crippen molar-refractivity contribution >= 4 is 0 Å². The third kappa shape index (κ3) is 2.13. The molecule has 0 radical (unpaired) electrons.